The van der Waals surface area contributed by atoms with Gasteiger partial charge in [-0.1, -0.05) is 6.92 Å². The number of nitrogens with zero attached hydrogens (tertiary/aromatic N) is 3. The summed E-state index contributed by atoms with van der Waals surface area (Å²) in [6, 6.07) is 6.27. The summed E-state index contributed by atoms with van der Waals surface area (Å²) < 4.78 is 1.10. The lowest BCUT2D eigenvalue weighted by molar-refractivity contribution is 0.0941. The molecule has 2 rings (SSSR count). The molecule has 0 atom stereocenters. The molecule has 0 aliphatic rings. The first-order chi connectivity index (χ1) is 10.5. The molecule has 1 N–H and O–H groups in total. The zero-order chi connectivity index (χ0) is 16.1. The van der Waals surface area contributed by atoms with Crippen molar-refractivity contribution < 1.29 is 4.79 Å². The molecular formula is C16H21IN4O. The van der Waals surface area contributed by atoms with Gasteiger partial charge < -0.3 is 5.32 Å². The highest BCUT2D eigenvalue weighted by atomic mass is 127. The molecule has 0 spiro atoms. The molecule has 2 aromatic rings. The Morgan fingerprint density at radius 3 is 2.82 bits per heavy atom. The van der Waals surface area contributed by atoms with Gasteiger partial charge in [0.25, 0.3) is 5.91 Å². The average Bonchev–Trinajstić information content (AvgIpc) is 2.50. The van der Waals surface area contributed by atoms with Crippen LogP contribution in [0.25, 0.3) is 11.0 Å². The highest BCUT2D eigenvalue weighted by molar-refractivity contribution is 14.1. The average molecular weight is 412 g/mol. The molecule has 0 aliphatic heterocycles. The highest BCUT2D eigenvalue weighted by Crippen LogP contribution is 2.13. The van der Waals surface area contributed by atoms with Crippen LogP contribution in [0.5, 0.6) is 0 Å². The first kappa shape index (κ1) is 17.1. The van der Waals surface area contributed by atoms with Gasteiger partial charge in [0.15, 0.2) is 0 Å². The molecule has 0 aliphatic carbocycles. The zero-order valence-electron chi connectivity index (χ0n) is 13.1. The van der Waals surface area contributed by atoms with Crippen molar-refractivity contribution in [2.24, 2.45) is 0 Å². The largest absolute Gasteiger partial charge is 0.349 e. The molecule has 0 radical (unpaired) electrons. The summed E-state index contributed by atoms with van der Waals surface area (Å²) >= 11 is 2.23. The third kappa shape index (κ3) is 4.36. The number of likely N-dealkylation sites (N-methyl/N-ethyl adjacent to an activating group) is 1. The topological polar surface area (TPSA) is 58.1 Å². The van der Waals surface area contributed by atoms with Gasteiger partial charge in [-0.05, 0) is 61.2 Å². The van der Waals surface area contributed by atoms with Crippen LogP contribution < -0.4 is 5.32 Å². The monoisotopic (exact) mass is 412 g/mol. The van der Waals surface area contributed by atoms with Crippen molar-refractivity contribution in [1.82, 2.24) is 20.2 Å². The van der Waals surface area contributed by atoms with Crippen LogP contribution in [0.3, 0.4) is 0 Å². The Kier molecular flexibility index (Phi) is 6.07. The second kappa shape index (κ2) is 7.82. The molecule has 0 saturated heterocycles. The Morgan fingerprint density at radius 1 is 1.36 bits per heavy atom. The van der Waals surface area contributed by atoms with Crippen LogP contribution >= 0.6 is 22.6 Å². The third-order valence-corrected chi connectivity index (χ3v) is 4.23. The van der Waals surface area contributed by atoms with Gasteiger partial charge in [-0.3, -0.25) is 14.7 Å². The predicted octanol–water partition coefficient (Wildman–Crippen LogP) is 2.69. The van der Waals surface area contributed by atoms with Gasteiger partial charge in [-0.15, -0.1) is 0 Å². The van der Waals surface area contributed by atoms with Crippen molar-refractivity contribution in [3.8, 4) is 0 Å². The van der Waals surface area contributed by atoms with Crippen molar-refractivity contribution in [2.45, 2.75) is 26.8 Å². The van der Waals surface area contributed by atoms with Crippen molar-refractivity contribution in [2.75, 3.05) is 19.6 Å². The van der Waals surface area contributed by atoms with Gasteiger partial charge in [0.2, 0.25) is 0 Å². The molecule has 22 heavy (non-hydrogen) atoms. The fourth-order valence-electron chi connectivity index (χ4n) is 2.28. The van der Waals surface area contributed by atoms with E-state index in [-0.39, 0.29) is 5.91 Å². The molecule has 0 bridgehead atoms. The lowest BCUT2D eigenvalue weighted by Crippen LogP contribution is -2.38. The minimum absolute atomic E-state index is 0.173. The Balaban J connectivity index is 1.99. The Hall–Kier alpha value is -1.28. The van der Waals surface area contributed by atoms with Crippen LogP contribution in [0, 0.1) is 3.57 Å². The second-order valence-corrected chi connectivity index (χ2v) is 6.61. The Bertz CT molecular complexity index is 660. The molecule has 5 nitrogen and oxygen atoms in total. The summed E-state index contributed by atoms with van der Waals surface area (Å²) in [7, 11) is 0. The maximum atomic E-state index is 12.2. The number of aromatic nitrogens is 2. The highest BCUT2D eigenvalue weighted by Gasteiger charge is 2.11. The Morgan fingerprint density at radius 2 is 2.14 bits per heavy atom. The molecule has 1 aromatic carbocycles. The lowest BCUT2D eigenvalue weighted by Gasteiger charge is -2.24. The smallest absolute Gasteiger partial charge is 0.271 e. The third-order valence-electron chi connectivity index (χ3n) is 3.56. The first-order valence-electron chi connectivity index (χ1n) is 7.45. The summed E-state index contributed by atoms with van der Waals surface area (Å²) in [6.07, 6.45) is 1.54. The van der Waals surface area contributed by atoms with Crippen molar-refractivity contribution >= 4 is 39.5 Å². The minimum atomic E-state index is -0.173. The number of carbonyl (C=O) groups is 1. The van der Waals surface area contributed by atoms with E-state index in [1.807, 2.05) is 18.2 Å². The zero-order valence-corrected chi connectivity index (χ0v) is 15.3. The summed E-state index contributed by atoms with van der Waals surface area (Å²) in [6.45, 7) is 8.85. The number of hydrogen-bond donors (Lipinski definition) is 1. The summed E-state index contributed by atoms with van der Waals surface area (Å²) in [5.41, 5.74) is 1.91. The van der Waals surface area contributed by atoms with Crippen molar-refractivity contribution in [3.63, 3.8) is 0 Å². The van der Waals surface area contributed by atoms with Crippen LogP contribution in [-0.4, -0.2) is 46.5 Å². The predicted molar refractivity (Wildman–Crippen MR) is 97.0 cm³/mol. The van der Waals surface area contributed by atoms with Crippen LogP contribution in [0.2, 0.25) is 0 Å². The number of rotatable bonds is 6. The Labute approximate surface area is 144 Å². The van der Waals surface area contributed by atoms with E-state index in [0.29, 0.717) is 18.3 Å². The minimum Gasteiger partial charge on any atom is -0.349 e. The van der Waals surface area contributed by atoms with Gasteiger partial charge in [0.1, 0.15) is 5.69 Å². The van der Waals surface area contributed by atoms with Gasteiger partial charge in [-0.2, -0.15) is 0 Å². The normalized spacial score (nSPS) is 11.4. The number of hydrogen-bond acceptors (Lipinski definition) is 4. The van der Waals surface area contributed by atoms with E-state index in [4.69, 9.17) is 0 Å². The molecule has 0 saturated carbocycles. The van der Waals surface area contributed by atoms with Crippen LogP contribution in [-0.2, 0) is 0 Å². The van der Waals surface area contributed by atoms with E-state index in [1.165, 1.54) is 6.20 Å². The fourth-order valence-corrected chi connectivity index (χ4v) is 2.75. The van der Waals surface area contributed by atoms with Crippen LogP contribution in [0.1, 0.15) is 31.3 Å². The van der Waals surface area contributed by atoms with Crippen LogP contribution in [0.4, 0.5) is 0 Å². The molecule has 1 heterocycles. The maximum Gasteiger partial charge on any atom is 0.271 e. The number of fused-ring (bicyclic) bond motifs is 1. The van der Waals surface area contributed by atoms with E-state index in [2.05, 4.69) is 63.5 Å². The van der Waals surface area contributed by atoms with E-state index < -0.39 is 0 Å². The number of halogens is 1. The molecule has 0 unspecified atom stereocenters. The SMILES string of the molecule is CCN(CCNC(=O)c1cnc2cc(I)ccc2n1)C(C)C. The fraction of sp³-hybridized carbons (Fsp3) is 0.438. The quantitative estimate of drug-likeness (QED) is 0.742. The van der Waals surface area contributed by atoms with E-state index >= 15 is 0 Å². The second-order valence-electron chi connectivity index (χ2n) is 5.37. The molecule has 1 aromatic heterocycles. The van der Waals surface area contributed by atoms with E-state index in [1.54, 1.807) is 0 Å². The van der Waals surface area contributed by atoms with Gasteiger partial charge in [0.05, 0.1) is 17.2 Å². The van der Waals surface area contributed by atoms with E-state index in [9.17, 15) is 4.79 Å². The number of carbonyl (C=O) groups excluding carboxylic acids is 1. The van der Waals surface area contributed by atoms with Gasteiger partial charge in [-0.25, -0.2) is 4.98 Å². The molecule has 6 heteroatoms. The lowest BCUT2D eigenvalue weighted by atomic mass is 10.3. The van der Waals surface area contributed by atoms with Gasteiger partial charge >= 0.3 is 0 Å². The number of amides is 1. The maximum absolute atomic E-state index is 12.2. The molecular weight excluding hydrogens is 391 g/mol. The van der Waals surface area contributed by atoms with Crippen molar-refractivity contribution in [3.05, 3.63) is 33.7 Å². The summed E-state index contributed by atoms with van der Waals surface area (Å²) in [5.74, 6) is -0.173. The van der Waals surface area contributed by atoms with Gasteiger partial charge in [0, 0.05) is 22.7 Å². The molecule has 0 fully saturated rings. The summed E-state index contributed by atoms with van der Waals surface area (Å²) in [5, 5.41) is 2.91. The van der Waals surface area contributed by atoms with E-state index in [0.717, 1.165) is 27.7 Å². The molecule has 1 amide bonds. The molecule has 118 valence electrons. The number of nitrogens with one attached hydrogen (secondary N) is 1. The van der Waals surface area contributed by atoms with Crippen LogP contribution in [0.15, 0.2) is 24.4 Å². The van der Waals surface area contributed by atoms with Crippen molar-refractivity contribution in [1.29, 1.82) is 0 Å². The first-order valence-corrected chi connectivity index (χ1v) is 8.53. The standard InChI is InChI=1S/C16H21IN4O/c1-4-21(11(2)3)8-7-18-16(22)15-10-19-14-9-12(17)5-6-13(14)20-15/h5-6,9-11H,4,7-8H2,1-3H3,(H,18,22). The summed E-state index contributed by atoms with van der Waals surface area (Å²) in [4.78, 5) is 23.2. The number of benzene rings is 1.